The molecule has 0 aromatic heterocycles. The molecule has 5 nitrogen and oxygen atoms in total. The number of hydrazone groups is 2. The Hall–Kier alpha value is -1.91. The van der Waals surface area contributed by atoms with Gasteiger partial charge >= 0.3 is 0 Å². The number of rotatable bonds is 6. The van der Waals surface area contributed by atoms with Crippen molar-refractivity contribution in [3.05, 3.63) is 24.9 Å². The maximum Gasteiger partial charge on any atom is 0.200 e. The van der Waals surface area contributed by atoms with Crippen LogP contribution in [-0.2, 0) is 4.79 Å². The standard InChI is InChI=1S/C11H18N4O/c1-7-11(16)10(3)13-15(6)9(2)8-12-14(4)5/h7-8H,1-2H2,3-6H3/b12-8-,13-10-. The molecule has 0 atom stereocenters. The largest absolute Gasteiger partial charge is 0.303 e. The Morgan fingerprint density at radius 3 is 2.31 bits per heavy atom. The number of nitrogens with zero attached hydrogens (tertiary/aromatic N) is 4. The Labute approximate surface area is 96.4 Å². The Morgan fingerprint density at radius 2 is 1.88 bits per heavy atom. The van der Waals surface area contributed by atoms with E-state index in [1.54, 1.807) is 39.3 Å². The predicted molar refractivity (Wildman–Crippen MR) is 67.4 cm³/mol. The molecule has 0 aliphatic rings. The normalized spacial score (nSPS) is 11.4. The second kappa shape index (κ2) is 6.55. The fourth-order valence-corrected chi connectivity index (χ4v) is 0.752. The molecule has 0 rings (SSSR count). The first-order chi connectivity index (χ1) is 7.38. The third-order valence-electron chi connectivity index (χ3n) is 1.70. The molecule has 5 heteroatoms. The zero-order valence-electron chi connectivity index (χ0n) is 10.3. The van der Waals surface area contributed by atoms with Gasteiger partial charge in [0.1, 0.15) is 5.71 Å². The molecule has 0 aliphatic carbocycles. The minimum Gasteiger partial charge on any atom is -0.303 e. The molecule has 0 aromatic rings. The van der Waals surface area contributed by atoms with Crippen molar-refractivity contribution in [2.24, 2.45) is 10.2 Å². The monoisotopic (exact) mass is 222 g/mol. The van der Waals surface area contributed by atoms with Gasteiger partial charge in [0, 0.05) is 21.1 Å². The van der Waals surface area contributed by atoms with Crippen molar-refractivity contribution >= 4 is 17.7 Å². The van der Waals surface area contributed by atoms with Crippen molar-refractivity contribution in [3.63, 3.8) is 0 Å². The van der Waals surface area contributed by atoms with E-state index in [4.69, 9.17) is 0 Å². The number of allylic oxidation sites excluding steroid dienone is 2. The lowest BCUT2D eigenvalue weighted by molar-refractivity contribution is -0.109. The van der Waals surface area contributed by atoms with Gasteiger partial charge in [-0.25, -0.2) is 0 Å². The molecular weight excluding hydrogens is 204 g/mol. The molecule has 0 spiro atoms. The zero-order valence-corrected chi connectivity index (χ0v) is 10.3. The average Bonchev–Trinajstić information content (AvgIpc) is 2.24. The van der Waals surface area contributed by atoms with Gasteiger partial charge < -0.3 is 5.01 Å². The maximum absolute atomic E-state index is 11.2. The lowest BCUT2D eigenvalue weighted by atomic mass is 10.3. The van der Waals surface area contributed by atoms with Gasteiger partial charge in [0.05, 0.1) is 11.9 Å². The summed E-state index contributed by atoms with van der Waals surface area (Å²) in [6.45, 7) is 8.78. The minimum absolute atomic E-state index is 0.204. The van der Waals surface area contributed by atoms with Crippen LogP contribution in [0.25, 0.3) is 0 Å². The molecule has 0 amide bonds. The third-order valence-corrected chi connectivity index (χ3v) is 1.70. The molecule has 0 aliphatic heterocycles. The third kappa shape index (κ3) is 5.09. The quantitative estimate of drug-likeness (QED) is 0.384. The van der Waals surface area contributed by atoms with Crippen molar-refractivity contribution in [1.29, 1.82) is 0 Å². The number of carbonyl (C=O) groups is 1. The molecule has 16 heavy (non-hydrogen) atoms. The number of carbonyl (C=O) groups excluding carboxylic acids is 1. The lowest BCUT2D eigenvalue weighted by Gasteiger charge is -2.13. The van der Waals surface area contributed by atoms with E-state index in [0.29, 0.717) is 11.4 Å². The Kier molecular flexibility index (Phi) is 5.77. The first-order valence-corrected chi connectivity index (χ1v) is 4.74. The summed E-state index contributed by atoms with van der Waals surface area (Å²) in [6, 6.07) is 0. The van der Waals surface area contributed by atoms with Gasteiger partial charge in [-0.1, -0.05) is 13.2 Å². The van der Waals surface area contributed by atoms with Crippen LogP contribution in [0.5, 0.6) is 0 Å². The van der Waals surface area contributed by atoms with Crippen LogP contribution in [0, 0.1) is 0 Å². The van der Waals surface area contributed by atoms with Crippen LogP contribution in [0.4, 0.5) is 0 Å². The van der Waals surface area contributed by atoms with Crippen LogP contribution in [0.2, 0.25) is 0 Å². The summed E-state index contributed by atoms with van der Waals surface area (Å²) in [5, 5.41) is 11.2. The Bertz CT molecular complexity index is 342. The van der Waals surface area contributed by atoms with Crippen LogP contribution in [0.3, 0.4) is 0 Å². The van der Waals surface area contributed by atoms with Crippen LogP contribution in [0.1, 0.15) is 6.92 Å². The first-order valence-electron chi connectivity index (χ1n) is 4.74. The summed E-state index contributed by atoms with van der Waals surface area (Å²) < 4.78 is 0. The predicted octanol–water partition coefficient (Wildman–Crippen LogP) is 1.11. The highest BCUT2D eigenvalue weighted by molar-refractivity contribution is 6.43. The summed E-state index contributed by atoms with van der Waals surface area (Å²) in [7, 11) is 5.31. The molecule has 0 bridgehead atoms. The highest BCUT2D eigenvalue weighted by Gasteiger charge is 2.03. The number of hydrogen-bond acceptors (Lipinski definition) is 5. The SMILES string of the molecule is C=CC(=O)/C(C)=N\N(C)C(=C)/C=N\N(C)C. The van der Waals surface area contributed by atoms with Crippen molar-refractivity contribution in [2.45, 2.75) is 6.92 Å². The van der Waals surface area contributed by atoms with Crippen LogP contribution < -0.4 is 0 Å². The van der Waals surface area contributed by atoms with Gasteiger partial charge in [0.15, 0.2) is 0 Å². The average molecular weight is 222 g/mol. The van der Waals surface area contributed by atoms with Gasteiger partial charge in [-0.15, -0.1) is 0 Å². The van der Waals surface area contributed by atoms with Crippen molar-refractivity contribution in [2.75, 3.05) is 21.1 Å². The summed E-state index contributed by atoms with van der Waals surface area (Å²) in [4.78, 5) is 11.2. The van der Waals surface area contributed by atoms with Crippen molar-refractivity contribution in [1.82, 2.24) is 10.0 Å². The van der Waals surface area contributed by atoms with E-state index in [2.05, 4.69) is 23.4 Å². The second-order valence-corrected chi connectivity index (χ2v) is 3.36. The molecule has 0 heterocycles. The van der Waals surface area contributed by atoms with E-state index < -0.39 is 0 Å². The topological polar surface area (TPSA) is 48.3 Å². The fourth-order valence-electron chi connectivity index (χ4n) is 0.752. The van der Waals surface area contributed by atoms with E-state index in [-0.39, 0.29) is 5.78 Å². The molecule has 0 fully saturated rings. The summed E-state index contributed by atoms with van der Waals surface area (Å²) >= 11 is 0. The van der Waals surface area contributed by atoms with Crippen LogP contribution >= 0.6 is 0 Å². The van der Waals surface area contributed by atoms with Crippen molar-refractivity contribution < 1.29 is 4.79 Å². The van der Waals surface area contributed by atoms with E-state index >= 15 is 0 Å². The van der Waals surface area contributed by atoms with E-state index in [1.807, 2.05) is 0 Å². The molecular formula is C11H18N4O. The van der Waals surface area contributed by atoms with Gasteiger partial charge in [-0.3, -0.25) is 9.80 Å². The highest BCUT2D eigenvalue weighted by Crippen LogP contribution is 1.97. The Morgan fingerprint density at radius 1 is 1.31 bits per heavy atom. The van der Waals surface area contributed by atoms with Crippen LogP contribution in [-0.4, -0.2) is 48.9 Å². The highest BCUT2D eigenvalue weighted by atomic mass is 16.1. The van der Waals surface area contributed by atoms with Crippen LogP contribution in [0.15, 0.2) is 35.1 Å². The molecule has 0 saturated heterocycles. The fraction of sp³-hybridized carbons (Fsp3) is 0.364. The summed E-state index contributed by atoms with van der Waals surface area (Å²) in [6.07, 6.45) is 2.79. The van der Waals surface area contributed by atoms with Gasteiger partial charge in [0.25, 0.3) is 0 Å². The molecule has 0 unspecified atom stereocenters. The van der Waals surface area contributed by atoms with E-state index in [1.165, 1.54) is 11.1 Å². The maximum atomic E-state index is 11.2. The Balaban J connectivity index is 4.57. The smallest absolute Gasteiger partial charge is 0.200 e. The van der Waals surface area contributed by atoms with Crippen molar-refractivity contribution in [3.8, 4) is 0 Å². The van der Waals surface area contributed by atoms with Gasteiger partial charge in [0.2, 0.25) is 5.78 Å². The molecule has 0 aromatic carbocycles. The van der Waals surface area contributed by atoms with E-state index in [0.717, 1.165) is 0 Å². The number of hydrogen-bond donors (Lipinski definition) is 0. The zero-order chi connectivity index (χ0) is 12.7. The summed E-state index contributed by atoms with van der Waals surface area (Å²) in [5.41, 5.74) is 0.946. The molecule has 0 N–H and O–H groups in total. The van der Waals surface area contributed by atoms with Gasteiger partial charge in [-0.05, 0) is 13.0 Å². The minimum atomic E-state index is -0.204. The first kappa shape index (κ1) is 14.1. The molecule has 88 valence electrons. The molecule has 0 saturated carbocycles. The lowest BCUT2D eigenvalue weighted by Crippen LogP contribution is -2.17. The second-order valence-electron chi connectivity index (χ2n) is 3.36. The molecule has 0 radical (unpaired) electrons. The summed E-state index contributed by atoms with van der Waals surface area (Å²) in [5.74, 6) is -0.204. The number of ketones is 1. The van der Waals surface area contributed by atoms with Gasteiger partial charge in [-0.2, -0.15) is 10.2 Å². The van der Waals surface area contributed by atoms with E-state index in [9.17, 15) is 4.79 Å².